The van der Waals surface area contributed by atoms with E-state index in [0.717, 1.165) is 5.39 Å². The summed E-state index contributed by atoms with van der Waals surface area (Å²) in [6.45, 7) is 0.478. The zero-order valence-corrected chi connectivity index (χ0v) is 10.3. The summed E-state index contributed by atoms with van der Waals surface area (Å²) in [5, 5.41) is 21.0. The second kappa shape index (κ2) is 4.92. The van der Waals surface area contributed by atoms with E-state index >= 15 is 0 Å². The molecule has 0 fully saturated rings. The fraction of sp³-hybridized carbons (Fsp3) is 0.0833. The van der Waals surface area contributed by atoms with Gasteiger partial charge in [-0.1, -0.05) is 0 Å². The Morgan fingerprint density at radius 3 is 2.95 bits per heavy atom. The zero-order valence-electron chi connectivity index (χ0n) is 10.3. The summed E-state index contributed by atoms with van der Waals surface area (Å²) in [5.41, 5.74) is 0.750. The minimum absolute atomic E-state index is 0.0571. The van der Waals surface area contributed by atoms with Crippen LogP contribution in [0.15, 0.2) is 36.7 Å². The number of non-ortho nitro benzene ring substituents is 1. The van der Waals surface area contributed by atoms with E-state index in [0.29, 0.717) is 23.7 Å². The van der Waals surface area contributed by atoms with Crippen molar-refractivity contribution in [3.63, 3.8) is 0 Å². The molecular formula is C12H10N6O2. The van der Waals surface area contributed by atoms with E-state index in [1.165, 1.54) is 18.5 Å². The van der Waals surface area contributed by atoms with Crippen molar-refractivity contribution in [2.45, 2.75) is 6.54 Å². The number of pyridine rings is 1. The Morgan fingerprint density at radius 1 is 1.30 bits per heavy atom. The Balaban J connectivity index is 1.83. The van der Waals surface area contributed by atoms with E-state index in [1.807, 2.05) is 0 Å². The highest BCUT2D eigenvalue weighted by atomic mass is 16.6. The van der Waals surface area contributed by atoms with E-state index in [2.05, 4.69) is 25.5 Å². The normalized spacial score (nSPS) is 10.6. The number of benzene rings is 1. The Hall–Kier alpha value is -3.03. The van der Waals surface area contributed by atoms with Gasteiger partial charge in [-0.05, 0) is 18.2 Å². The largest absolute Gasteiger partial charge is 0.363 e. The average Bonchev–Trinajstić information content (AvgIpc) is 2.97. The maximum absolute atomic E-state index is 10.7. The van der Waals surface area contributed by atoms with Gasteiger partial charge in [0.2, 0.25) is 0 Å². The SMILES string of the molecule is O=[N+]([O-])c1ccc2nc(NCc3ncn[nH]3)ccc2c1. The molecule has 3 aromatic rings. The molecule has 0 saturated carbocycles. The van der Waals surface area contributed by atoms with Crippen molar-refractivity contribution in [3.05, 3.63) is 52.6 Å². The Kier molecular flexibility index (Phi) is 2.96. The number of rotatable bonds is 4. The molecular weight excluding hydrogens is 260 g/mol. The molecule has 2 N–H and O–H groups in total. The zero-order chi connectivity index (χ0) is 13.9. The lowest BCUT2D eigenvalue weighted by atomic mass is 10.2. The van der Waals surface area contributed by atoms with E-state index in [-0.39, 0.29) is 5.69 Å². The van der Waals surface area contributed by atoms with E-state index in [9.17, 15) is 10.1 Å². The molecule has 3 rings (SSSR count). The highest BCUT2D eigenvalue weighted by Crippen LogP contribution is 2.21. The highest BCUT2D eigenvalue weighted by Gasteiger charge is 2.07. The minimum atomic E-state index is -0.421. The van der Waals surface area contributed by atoms with Crippen LogP contribution >= 0.6 is 0 Å². The van der Waals surface area contributed by atoms with Crippen molar-refractivity contribution in [2.24, 2.45) is 0 Å². The molecule has 2 heterocycles. The number of H-pyrrole nitrogens is 1. The number of aromatic nitrogens is 4. The van der Waals surface area contributed by atoms with Gasteiger partial charge in [0.25, 0.3) is 5.69 Å². The smallest absolute Gasteiger partial charge is 0.270 e. The van der Waals surface area contributed by atoms with E-state index < -0.39 is 4.92 Å². The lowest BCUT2D eigenvalue weighted by Gasteiger charge is -2.04. The first-order valence-electron chi connectivity index (χ1n) is 5.86. The van der Waals surface area contributed by atoms with Crippen LogP contribution in [0.2, 0.25) is 0 Å². The van der Waals surface area contributed by atoms with Crippen LogP contribution in [-0.4, -0.2) is 25.1 Å². The number of nitrogens with zero attached hydrogens (tertiary/aromatic N) is 4. The summed E-state index contributed by atoms with van der Waals surface area (Å²) in [5.74, 6) is 1.37. The maximum Gasteiger partial charge on any atom is 0.270 e. The molecule has 20 heavy (non-hydrogen) atoms. The molecule has 0 aliphatic heterocycles. The van der Waals surface area contributed by atoms with Gasteiger partial charge in [0.15, 0.2) is 0 Å². The maximum atomic E-state index is 10.7. The molecule has 0 aliphatic carbocycles. The van der Waals surface area contributed by atoms with Crippen molar-refractivity contribution in [3.8, 4) is 0 Å². The van der Waals surface area contributed by atoms with Crippen molar-refractivity contribution in [2.75, 3.05) is 5.32 Å². The first kappa shape index (κ1) is 12.0. The molecule has 8 heteroatoms. The van der Waals surface area contributed by atoms with Crippen LogP contribution in [0.1, 0.15) is 5.82 Å². The van der Waals surface area contributed by atoms with Gasteiger partial charge in [-0.3, -0.25) is 15.2 Å². The van der Waals surface area contributed by atoms with Gasteiger partial charge < -0.3 is 5.32 Å². The highest BCUT2D eigenvalue weighted by molar-refractivity contribution is 5.82. The van der Waals surface area contributed by atoms with Gasteiger partial charge >= 0.3 is 0 Å². The molecule has 8 nitrogen and oxygen atoms in total. The topological polar surface area (TPSA) is 110 Å². The van der Waals surface area contributed by atoms with Gasteiger partial charge in [-0.2, -0.15) is 5.10 Å². The number of nitro groups is 1. The molecule has 100 valence electrons. The fourth-order valence-corrected chi connectivity index (χ4v) is 1.82. The lowest BCUT2D eigenvalue weighted by Crippen LogP contribution is -2.03. The monoisotopic (exact) mass is 270 g/mol. The first-order valence-corrected chi connectivity index (χ1v) is 5.86. The number of nitrogens with one attached hydrogen (secondary N) is 2. The Labute approximate surface area is 113 Å². The standard InChI is InChI=1S/C12H10N6O2/c19-18(20)9-2-3-10-8(5-9)1-4-11(16-10)13-6-12-14-7-15-17-12/h1-5,7H,6H2,(H,13,16)(H,14,15,17). The molecule has 0 radical (unpaired) electrons. The molecule has 0 atom stereocenters. The summed E-state index contributed by atoms with van der Waals surface area (Å²) in [6, 6.07) is 8.13. The third-order valence-electron chi connectivity index (χ3n) is 2.79. The van der Waals surface area contributed by atoms with Crippen LogP contribution in [0.5, 0.6) is 0 Å². The first-order chi connectivity index (χ1) is 9.72. The fourth-order valence-electron chi connectivity index (χ4n) is 1.82. The van der Waals surface area contributed by atoms with Crippen LogP contribution in [0.4, 0.5) is 11.5 Å². The summed E-state index contributed by atoms with van der Waals surface area (Å²) >= 11 is 0. The molecule has 0 saturated heterocycles. The van der Waals surface area contributed by atoms with Crippen molar-refractivity contribution in [1.29, 1.82) is 0 Å². The van der Waals surface area contributed by atoms with E-state index in [1.54, 1.807) is 18.2 Å². The molecule has 2 aromatic heterocycles. The number of anilines is 1. The minimum Gasteiger partial charge on any atom is -0.363 e. The van der Waals surface area contributed by atoms with Crippen LogP contribution in [-0.2, 0) is 6.54 Å². The summed E-state index contributed by atoms with van der Waals surface area (Å²) in [6.07, 6.45) is 1.43. The molecule has 0 aliphatic rings. The molecule has 0 spiro atoms. The van der Waals surface area contributed by atoms with Gasteiger partial charge in [0.1, 0.15) is 18.0 Å². The summed E-state index contributed by atoms with van der Waals surface area (Å²) < 4.78 is 0. The average molecular weight is 270 g/mol. The predicted molar refractivity (Wildman–Crippen MR) is 72.1 cm³/mol. The third kappa shape index (κ3) is 2.39. The van der Waals surface area contributed by atoms with Gasteiger partial charge in [0.05, 0.1) is 17.0 Å². The second-order valence-electron chi connectivity index (χ2n) is 4.12. The third-order valence-corrected chi connectivity index (χ3v) is 2.79. The molecule has 1 aromatic carbocycles. The van der Waals surface area contributed by atoms with Gasteiger partial charge in [0, 0.05) is 17.5 Å². The Bertz CT molecular complexity index is 756. The van der Waals surface area contributed by atoms with Crippen LogP contribution in [0.25, 0.3) is 10.9 Å². The molecule has 0 bridgehead atoms. The summed E-state index contributed by atoms with van der Waals surface area (Å²) in [7, 11) is 0. The quantitative estimate of drug-likeness (QED) is 0.553. The van der Waals surface area contributed by atoms with Gasteiger partial charge in [-0.15, -0.1) is 0 Å². The van der Waals surface area contributed by atoms with Crippen LogP contribution < -0.4 is 5.32 Å². The number of fused-ring (bicyclic) bond motifs is 1. The van der Waals surface area contributed by atoms with E-state index in [4.69, 9.17) is 0 Å². The van der Waals surface area contributed by atoms with Crippen molar-refractivity contribution in [1.82, 2.24) is 20.2 Å². The predicted octanol–water partition coefficient (Wildman–Crippen LogP) is 1.87. The number of hydrogen-bond acceptors (Lipinski definition) is 6. The number of nitro benzene ring substituents is 1. The van der Waals surface area contributed by atoms with Crippen LogP contribution in [0, 0.1) is 10.1 Å². The van der Waals surface area contributed by atoms with Crippen molar-refractivity contribution < 1.29 is 4.92 Å². The molecule has 0 unspecified atom stereocenters. The van der Waals surface area contributed by atoms with Crippen LogP contribution in [0.3, 0.4) is 0 Å². The Morgan fingerprint density at radius 2 is 2.20 bits per heavy atom. The second-order valence-corrected chi connectivity index (χ2v) is 4.12. The summed E-state index contributed by atoms with van der Waals surface area (Å²) in [4.78, 5) is 18.7. The van der Waals surface area contributed by atoms with Gasteiger partial charge in [-0.25, -0.2) is 9.97 Å². The molecule has 0 amide bonds. The number of aromatic amines is 1. The lowest BCUT2D eigenvalue weighted by molar-refractivity contribution is -0.384. The number of hydrogen-bond donors (Lipinski definition) is 2. The van der Waals surface area contributed by atoms with Crippen molar-refractivity contribution >= 4 is 22.4 Å².